The van der Waals surface area contributed by atoms with Crippen LogP contribution in [0.5, 0.6) is 11.9 Å². The first-order chi connectivity index (χ1) is 14.0. The Labute approximate surface area is 177 Å². The quantitative estimate of drug-likeness (QED) is 0.628. The molecule has 8 heteroatoms. The molecule has 8 nitrogen and oxygen atoms in total. The van der Waals surface area contributed by atoms with Crippen molar-refractivity contribution in [3.63, 3.8) is 0 Å². The van der Waals surface area contributed by atoms with E-state index in [1.807, 2.05) is 59.3 Å². The van der Waals surface area contributed by atoms with Gasteiger partial charge in [0.1, 0.15) is 16.9 Å². The van der Waals surface area contributed by atoms with E-state index >= 15 is 0 Å². The number of ether oxygens (including phenoxy) is 2. The van der Waals surface area contributed by atoms with E-state index in [-0.39, 0.29) is 6.01 Å². The molecule has 0 N–H and O–H groups in total. The third-order valence-electron chi connectivity index (χ3n) is 4.91. The molecule has 1 saturated carbocycles. The van der Waals surface area contributed by atoms with Gasteiger partial charge in [-0.05, 0) is 60.5 Å². The minimum absolute atomic E-state index is 0.274. The van der Waals surface area contributed by atoms with Crippen LogP contribution in [0.2, 0.25) is 0 Å². The zero-order chi connectivity index (χ0) is 21.7. The lowest BCUT2D eigenvalue weighted by Gasteiger charge is -2.24. The molecule has 0 radical (unpaired) electrons. The fourth-order valence-electron chi connectivity index (χ4n) is 3.41. The zero-order valence-electron chi connectivity index (χ0n) is 18.9. The van der Waals surface area contributed by atoms with Gasteiger partial charge in [-0.3, -0.25) is 0 Å². The molecule has 0 unspecified atom stereocenters. The highest BCUT2D eigenvalue weighted by Gasteiger charge is 2.27. The molecule has 160 valence electrons. The first-order valence-corrected chi connectivity index (χ1v) is 10.5. The van der Waals surface area contributed by atoms with Crippen LogP contribution in [0.4, 0.5) is 0 Å². The average Bonchev–Trinajstić information content (AvgIpc) is 2.87. The Kier molecular flexibility index (Phi) is 4.91. The van der Waals surface area contributed by atoms with E-state index in [2.05, 4.69) is 20.2 Å². The van der Waals surface area contributed by atoms with Crippen LogP contribution in [0.1, 0.15) is 72.4 Å². The van der Waals surface area contributed by atoms with E-state index in [0.717, 1.165) is 16.7 Å². The molecule has 4 rings (SSSR count). The predicted octanol–water partition coefficient (Wildman–Crippen LogP) is 4.44. The number of rotatable bonds is 4. The van der Waals surface area contributed by atoms with Crippen molar-refractivity contribution in [2.24, 2.45) is 7.05 Å². The monoisotopic (exact) mass is 410 g/mol. The highest BCUT2D eigenvalue weighted by molar-refractivity contribution is 5.83. The van der Waals surface area contributed by atoms with Crippen LogP contribution in [-0.2, 0) is 7.05 Å². The largest absolute Gasteiger partial charge is 0.471 e. The van der Waals surface area contributed by atoms with Crippen molar-refractivity contribution >= 4 is 11.0 Å². The van der Waals surface area contributed by atoms with Gasteiger partial charge < -0.3 is 9.47 Å². The second-order valence-corrected chi connectivity index (χ2v) is 9.90. The molecule has 30 heavy (non-hydrogen) atoms. The molecule has 0 aliphatic heterocycles. The SMILES string of the molecule is Cn1nc(C2CCC2)c2cc(-c3cnc(OC(C)(C)C)nc3OC(C)(C)C)nnc21. The fourth-order valence-corrected chi connectivity index (χ4v) is 3.41. The topological polar surface area (TPSA) is 87.8 Å². The molecule has 3 aromatic heterocycles. The average molecular weight is 411 g/mol. The second kappa shape index (κ2) is 7.18. The van der Waals surface area contributed by atoms with Crippen LogP contribution in [0, 0.1) is 0 Å². The first-order valence-electron chi connectivity index (χ1n) is 10.5. The van der Waals surface area contributed by atoms with Gasteiger partial charge in [-0.25, -0.2) is 9.67 Å². The molecule has 1 fully saturated rings. The van der Waals surface area contributed by atoms with Gasteiger partial charge >= 0.3 is 6.01 Å². The van der Waals surface area contributed by atoms with Crippen LogP contribution < -0.4 is 9.47 Å². The maximum atomic E-state index is 6.15. The summed E-state index contributed by atoms with van der Waals surface area (Å²) in [5.74, 6) is 0.925. The molecule has 0 bridgehead atoms. The highest BCUT2D eigenvalue weighted by atomic mass is 16.5. The molecule has 3 aromatic rings. The van der Waals surface area contributed by atoms with Gasteiger partial charge in [0.15, 0.2) is 5.65 Å². The van der Waals surface area contributed by atoms with E-state index in [0.29, 0.717) is 23.1 Å². The summed E-state index contributed by atoms with van der Waals surface area (Å²) in [5.41, 5.74) is 2.38. The summed E-state index contributed by atoms with van der Waals surface area (Å²) >= 11 is 0. The van der Waals surface area contributed by atoms with Gasteiger partial charge in [0.2, 0.25) is 5.88 Å². The predicted molar refractivity (Wildman–Crippen MR) is 115 cm³/mol. The lowest BCUT2D eigenvalue weighted by molar-refractivity contribution is 0.103. The van der Waals surface area contributed by atoms with Gasteiger partial charge in [-0.1, -0.05) is 6.42 Å². The standard InChI is InChI=1S/C22H30N6O2/c1-21(2,3)29-19-15(12-23-20(24-19)30-22(4,5)6)16-11-14-17(13-9-8-10-13)27-28(7)18(14)26-25-16/h11-13H,8-10H2,1-7H3. The molecule has 0 amide bonds. The third kappa shape index (κ3) is 4.22. The Morgan fingerprint density at radius 2 is 1.70 bits per heavy atom. The minimum Gasteiger partial charge on any atom is -0.471 e. The summed E-state index contributed by atoms with van der Waals surface area (Å²) < 4.78 is 13.8. The lowest BCUT2D eigenvalue weighted by Crippen LogP contribution is -2.26. The highest BCUT2D eigenvalue weighted by Crippen LogP contribution is 2.39. The minimum atomic E-state index is -0.439. The van der Waals surface area contributed by atoms with Gasteiger partial charge in [0.25, 0.3) is 0 Å². The molecule has 3 heterocycles. The summed E-state index contributed by atoms with van der Waals surface area (Å²) in [5, 5.41) is 14.6. The van der Waals surface area contributed by atoms with E-state index in [4.69, 9.17) is 14.6 Å². The molecular weight excluding hydrogens is 380 g/mol. The molecule has 1 aliphatic carbocycles. The molecule has 1 aliphatic rings. The Bertz CT molecular complexity index is 1070. The van der Waals surface area contributed by atoms with E-state index in [1.54, 1.807) is 6.20 Å². The van der Waals surface area contributed by atoms with Gasteiger partial charge in [0.05, 0.1) is 11.3 Å². The van der Waals surface area contributed by atoms with Crippen LogP contribution in [0.15, 0.2) is 12.3 Å². The number of fused-ring (bicyclic) bond motifs is 1. The van der Waals surface area contributed by atoms with Gasteiger partial charge in [0, 0.05) is 24.5 Å². The molecule has 0 spiro atoms. The Morgan fingerprint density at radius 1 is 1.00 bits per heavy atom. The van der Waals surface area contributed by atoms with Gasteiger partial charge in [-0.2, -0.15) is 10.1 Å². The fraction of sp³-hybridized carbons (Fsp3) is 0.591. The molecule has 0 aromatic carbocycles. The Morgan fingerprint density at radius 3 is 2.30 bits per heavy atom. The van der Waals surface area contributed by atoms with Crippen molar-refractivity contribution < 1.29 is 9.47 Å². The molecular formula is C22H30N6O2. The summed E-state index contributed by atoms with van der Waals surface area (Å²) in [6.45, 7) is 11.8. The Hall–Kier alpha value is -2.77. The smallest absolute Gasteiger partial charge is 0.320 e. The number of nitrogens with zero attached hydrogens (tertiary/aromatic N) is 6. The van der Waals surface area contributed by atoms with E-state index in [9.17, 15) is 0 Å². The summed E-state index contributed by atoms with van der Waals surface area (Å²) in [7, 11) is 1.91. The van der Waals surface area contributed by atoms with Crippen molar-refractivity contribution in [1.82, 2.24) is 29.9 Å². The molecule has 0 saturated heterocycles. The normalized spacial score (nSPS) is 15.3. The zero-order valence-corrected chi connectivity index (χ0v) is 18.9. The van der Waals surface area contributed by atoms with Crippen LogP contribution in [0.25, 0.3) is 22.3 Å². The van der Waals surface area contributed by atoms with Crippen molar-refractivity contribution in [2.45, 2.75) is 77.9 Å². The van der Waals surface area contributed by atoms with Crippen molar-refractivity contribution in [2.75, 3.05) is 0 Å². The maximum absolute atomic E-state index is 6.15. The molecule has 0 atom stereocenters. The van der Waals surface area contributed by atoms with E-state index < -0.39 is 11.2 Å². The van der Waals surface area contributed by atoms with Crippen LogP contribution in [-0.4, -0.2) is 41.1 Å². The van der Waals surface area contributed by atoms with Crippen molar-refractivity contribution in [1.29, 1.82) is 0 Å². The number of aromatic nitrogens is 6. The summed E-state index contributed by atoms with van der Waals surface area (Å²) in [6.07, 6.45) is 5.29. The second-order valence-electron chi connectivity index (χ2n) is 9.90. The van der Waals surface area contributed by atoms with Crippen molar-refractivity contribution in [3.05, 3.63) is 18.0 Å². The summed E-state index contributed by atoms with van der Waals surface area (Å²) in [4.78, 5) is 8.95. The van der Waals surface area contributed by atoms with Crippen LogP contribution >= 0.6 is 0 Å². The maximum Gasteiger partial charge on any atom is 0.320 e. The summed E-state index contributed by atoms with van der Waals surface area (Å²) in [6, 6.07) is 2.30. The Balaban J connectivity index is 1.81. The third-order valence-corrected chi connectivity index (χ3v) is 4.91. The lowest BCUT2D eigenvalue weighted by atomic mass is 9.82. The van der Waals surface area contributed by atoms with Gasteiger partial charge in [-0.15, -0.1) is 10.2 Å². The van der Waals surface area contributed by atoms with E-state index in [1.165, 1.54) is 19.3 Å². The first kappa shape index (κ1) is 20.5. The van der Waals surface area contributed by atoms with Crippen LogP contribution in [0.3, 0.4) is 0 Å². The number of aryl methyl sites for hydroxylation is 1. The number of hydrogen-bond acceptors (Lipinski definition) is 7. The number of hydrogen-bond donors (Lipinski definition) is 0. The van der Waals surface area contributed by atoms with Crippen molar-refractivity contribution in [3.8, 4) is 23.1 Å².